The van der Waals surface area contributed by atoms with Gasteiger partial charge in [-0.1, -0.05) is 59.2 Å². The number of ether oxygens (including phenoxy) is 1. The number of rotatable bonds is 9. The van der Waals surface area contributed by atoms with Crippen molar-refractivity contribution in [2.45, 2.75) is 89.8 Å². The van der Waals surface area contributed by atoms with Crippen LogP contribution in [0.25, 0.3) is 0 Å². The zero-order valence-electron chi connectivity index (χ0n) is 13.8. The summed E-state index contributed by atoms with van der Waals surface area (Å²) in [5, 5.41) is 0. The molecule has 0 fully saturated rings. The number of hydrogen-bond acceptors (Lipinski definition) is 2. The summed E-state index contributed by atoms with van der Waals surface area (Å²) >= 11 is 0. The van der Waals surface area contributed by atoms with Crippen LogP contribution in [0.1, 0.15) is 52.4 Å². The molecule has 0 aliphatic rings. The lowest BCUT2D eigenvalue weighted by molar-refractivity contribution is -0.205. The highest BCUT2D eigenvalue weighted by atomic mass is 28.3. The molecule has 0 aromatic carbocycles. The van der Waals surface area contributed by atoms with Gasteiger partial charge in [0.05, 0.1) is 8.07 Å². The first-order valence-corrected chi connectivity index (χ1v) is 11.4. The number of carbonyl (C=O) groups excluding carboxylic acids is 1. The van der Waals surface area contributed by atoms with Gasteiger partial charge < -0.3 is 4.74 Å². The molecule has 6 heteroatoms. The van der Waals surface area contributed by atoms with Crippen LogP contribution in [0.3, 0.4) is 0 Å². The molecule has 0 heterocycles. The van der Waals surface area contributed by atoms with Crippen LogP contribution in [0, 0.1) is 0 Å². The van der Waals surface area contributed by atoms with Gasteiger partial charge in [0.15, 0.2) is 0 Å². The maximum atomic E-state index is 12.5. The monoisotopic (exact) mass is 326 g/mol. The van der Waals surface area contributed by atoms with Gasteiger partial charge in [0.25, 0.3) is 0 Å². The Balaban J connectivity index is 5.08. The zero-order valence-corrected chi connectivity index (χ0v) is 14.8. The van der Waals surface area contributed by atoms with Crippen molar-refractivity contribution in [3.8, 4) is 0 Å². The molecule has 0 amide bonds. The molecule has 0 bridgehead atoms. The smallest absolute Gasteiger partial charge is 0.456 e. The summed E-state index contributed by atoms with van der Waals surface area (Å²) < 4.78 is 42.3. The van der Waals surface area contributed by atoms with Crippen LogP contribution in [-0.4, -0.2) is 26.3 Å². The third-order valence-corrected chi connectivity index (χ3v) is 6.65. The van der Waals surface area contributed by atoms with E-state index in [4.69, 9.17) is 4.74 Å². The third kappa shape index (κ3) is 7.88. The first-order chi connectivity index (χ1) is 9.54. The van der Waals surface area contributed by atoms with Gasteiger partial charge in [-0.05, 0) is 18.4 Å². The van der Waals surface area contributed by atoms with Gasteiger partial charge in [-0.15, -0.1) is 0 Å². The van der Waals surface area contributed by atoms with Crippen molar-refractivity contribution in [3.05, 3.63) is 0 Å². The van der Waals surface area contributed by atoms with E-state index in [1.54, 1.807) is 0 Å². The molecule has 0 rings (SSSR count). The highest BCUT2D eigenvalue weighted by Gasteiger charge is 2.44. The van der Waals surface area contributed by atoms with Gasteiger partial charge in [0.1, 0.15) is 6.10 Å². The average molecular weight is 326 g/mol. The van der Waals surface area contributed by atoms with Crippen LogP contribution in [0.2, 0.25) is 25.2 Å². The molecule has 2 nitrogen and oxygen atoms in total. The Hall–Kier alpha value is -0.523. The topological polar surface area (TPSA) is 26.3 Å². The summed E-state index contributed by atoms with van der Waals surface area (Å²) in [4.78, 5) is 11.2. The van der Waals surface area contributed by atoms with Crippen molar-refractivity contribution >= 4 is 14.0 Å². The summed E-state index contributed by atoms with van der Waals surface area (Å²) in [7, 11) is -1.71. The Kier molecular flexibility index (Phi) is 8.59. The van der Waals surface area contributed by atoms with Gasteiger partial charge >= 0.3 is 12.1 Å². The van der Waals surface area contributed by atoms with Crippen LogP contribution in [-0.2, 0) is 9.53 Å². The van der Waals surface area contributed by atoms with Crippen molar-refractivity contribution in [1.82, 2.24) is 0 Å². The van der Waals surface area contributed by atoms with Crippen LogP contribution in [0.15, 0.2) is 0 Å². The summed E-state index contributed by atoms with van der Waals surface area (Å²) in [6.07, 6.45) is -0.523. The third-order valence-electron chi connectivity index (χ3n) is 3.76. The maximum absolute atomic E-state index is 12.5. The van der Waals surface area contributed by atoms with E-state index in [2.05, 4.69) is 26.6 Å². The van der Waals surface area contributed by atoms with Gasteiger partial charge in [-0.2, -0.15) is 13.2 Å². The molecule has 21 heavy (non-hydrogen) atoms. The lowest BCUT2D eigenvalue weighted by Gasteiger charge is -2.35. The van der Waals surface area contributed by atoms with E-state index in [-0.39, 0.29) is 5.54 Å². The molecule has 2 atom stereocenters. The van der Waals surface area contributed by atoms with E-state index in [0.29, 0.717) is 6.42 Å². The van der Waals surface area contributed by atoms with Gasteiger partial charge in [-0.3, -0.25) is 0 Å². The highest BCUT2D eigenvalue weighted by Crippen LogP contribution is 2.36. The van der Waals surface area contributed by atoms with Crippen molar-refractivity contribution in [2.75, 3.05) is 0 Å². The fourth-order valence-electron chi connectivity index (χ4n) is 2.55. The summed E-state index contributed by atoms with van der Waals surface area (Å²) in [6.45, 7) is 10.4. The Bertz CT molecular complexity index is 311. The van der Waals surface area contributed by atoms with E-state index >= 15 is 0 Å². The predicted octanol–water partition coefficient (Wildman–Crippen LogP) is 5.55. The van der Waals surface area contributed by atoms with Gasteiger partial charge in [-0.25, -0.2) is 4.79 Å². The van der Waals surface area contributed by atoms with Crippen molar-refractivity contribution in [3.63, 3.8) is 0 Å². The second kappa shape index (κ2) is 8.81. The minimum absolute atomic E-state index is 0.0790. The van der Waals surface area contributed by atoms with Crippen LogP contribution < -0.4 is 0 Å². The standard InChI is InChI=1S/C15H29F3O2Si/c1-6-8-10-12(20-14(19)15(16,17)18)13(11-9-7-2)21(3,4)5/h12-13H,6-11H2,1-5H3/t12-,13-/m1/s1. The lowest BCUT2D eigenvalue weighted by Crippen LogP contribution is -2.41. The molecule has 0 aromatic heterocycles. The summed E-state index contributed by atoms with van der Waals surface area (Å²) in [5.74, 6) is -2.04. The van der Waals surface area contributed by atoms with Crippen molar-refractivity contribution in [2.24, 2.45) is 0 Å². The number of hydrogen-bond donors (Lipinski definition) is 0. The quantitative estimate of drug-likeness (QED) is 0.410. The SMILES string of the molecule is CCCC[C@H]([C@@H](CCCC)OC(=O)C(F)(F)F)[Si](C)(C)C. The number of halogens is 3. The number of esters is 1. The minimum Gasteiger partial charge on any atom is -0.456 e. The summed E-state index contributed by atoms with van der Waals surface area (Å²) in [5.41, 5.74) is 0.0790. The Morgan fingerprint density at radius 3 is 1.90 bits per heavy atom. The number of unbranched alkanes of at least 4 members (excludes halogenated alkanes) is 2. The molecular formula is C15H29F3O2Si. The van der Waals surface area contributed by atoms with E-state index in [9.17, 15) is 18.0 Å². The second-order valence-electron chi connectivity index (χ2n) is 6.70. The van der Waals surface area contributed by atoms with Crippen molar-refractivity contribution < 1.29 is 22.7 Å². The molecule has 0 aromatic rings. The van der Waals surface area contributed by atoms with Gasteiger partial charge in [0, 0.05) is 0 Å². The highest BCUT2D eigenvalue weighted by molar-refractivity contribution is 6.77. The fraction of sp³-hybridized carbons (Fsp3) is 0.933. The van der Waals surface area contributed by atoms with Crippen LogP contribution in [0.5, 0.6) is 0 Å². The van der Waals surface area contributed by atoms with E-state index in [1.807, 2.05) is 6.92 Å². The first-order valence-electron chi connectivity index (χ1n) is 7.81. The average Bonchev–Trinajstić information content (AvgIpc) is 2.32. The molecule has 0 aliphatic carbocycles. The molecule has 0 unspecified atom stereocenters. The Morgan fingerprint density at radius 2 is 1.52 bits per heavy atom. The van der Waals surface area contributed by atoms with Gasteiger partial charge in [0.2, 0.25) is 0 Å². The Morgan fingerprint density at radius 1 is 1.05 bits per heavy atom. The second-order valence-corrected chi connectivity index (χ2v) is 12.2. The van der Waals surface area contributed by atoms with E-state index < -0.39 is 26.3 Å². The molecule has 0 spiro atoms. The summed E-state index contributed by atoms with van der Waals surface area (Å²) in [6, 6.07) is 0. The van der Waals surface area contributed by atoms with Crippen LogP contribution in [0.4, 0.5) is 13.2 Å². The van der Waals surface area contributed by atoms with Crippen molar-refractivity contribution in [1.29, 1.82) is 0 Å². The maximum Gasteiger partial charge on any atom is 0.490 e. The number of alkyl halides is 3. The van der Waals surface area contributed by atoms with E-state index in [0.717, 1.165) is 32.1 Å². The molecule has 0 saturated heterocycles. The lowest BCUT2D eigenvalue weighted by atomic mass is 10.0. The molecular weight excluding hydrogens is 297 g/mol. The largest absolute Gasteiger partial charge is 0.490 e. The normalized spacial score (nSPS) is 15.6. The zero-order chi connectivity index (χ0) is 16.7. The molecule has 126 valence electrons. The molecule has 0 N–H and O–H groups in total. The Labute approximate surface area is 127 Å². The minimum atomic E-state index is -4.90. The van der Waals surface area contributed by atoms with E-state index in [1.165, 1.54) is 0 Å². The number of carbonyl (C=O) groups is 1. The fourth-order valence-corrected chi connectivity index (χ4v) is 4.97. The molecule has 0 radical (unpaired) electrons. The first kappa shape index (κ1) is 20.5. The van der Waals surface area contributed by atoms with Crippen LogP contribution >= 0.6 is 0 Å². The molecule has 0 saturated carbocycles. The molecule has 0 aliphatic heterocycles. The predicted molar refractivity (Wildman–Crippen MR) is 82.1 cm³/mol.